The van der Waals surface area contributed by atoms with Gasteiger partial charge in [0.25, 0.3) is 0 Å². The van der Waals surface area contributed by atoms with Gasteiger partial charge in [0.2, 0.25) is 5.91 Å². The molecule has 6 heteroatoms. The number of esters is 1. The molecule has 0 heterocycles. The van der Waals surface area contributed by atoms with E-state index in [4.69, 9.17) is 4.74 Å². The Kier molecular flexibility index (Phi) is 5.37. The average molecular weight is 250 g/mol. The van der Waals surface area contributed by atoms with Crippen LogP contribution in [0.3, 0.4) is 0 Å². The van der Waals surface area contributed by atoms with Crippen LogP contribution in [0.4, 0.5) is 0 Å². The minimum Gasteiger partial charge on any atom is -0.482 e. The molecule has 0 aliphatic heterocycles. The number of amides is 1. The lowest BCUT2D eigenvalue weighted by atomic mass is 10.2. The van der Waals surface area contributed by atoms with Crippen LogP contribution >= 0.6 is 0 Å². The van der Waals surface area contributed by atoms with Gasteiger partial charge in [-0.3, -0.25) is 4.79 Å². The molecular weight excluding hydrogens is 236 g/mol. The fourth-order valence-corrected chi connectivity index (χ4v) is 1.05. The fourth-order valence-electron chi connectivity index (χ4n) is 1.05. The van der Waals surface area contributed by atoms with Crippen molar-refractivity contribution in [2.45, 2.75) is 6.92 Å². The Labute approximate surface area is 105 Å². The Hall–Kier alpha value is -2.37. The monoisotopic (exact) mass is 250 g/mol. The van der Waals surface area contributed by atoms with Gasteiger partial charge in [0.15, 0.2) is 6.61 Å². The molecule has 0 unspecified atom stereocenters. The molecule has 0 bridgehead atoms. The van der Waals surface area contributed by atoms with Crippen LogP contribution in [0.2, 0.25) is 0 Å². The van der Waals surface area contributed by atoms with Crippen LogP contribution < -0.4 is 10.2 Å². The van der Waals surface area contributed by atoms with Crippen molar-refractivity contribution in [1.29, 1.82) is 0 Å². The summed E-state index contributed by atoms with van der Waals surface area (Å²) in [5, 5.41) is 3.72. The van der Waals surface area contributed by atoms with Crippen LogP contribution in [0.15, 0.2) is 29.4 Å². The number of nitrogens with one attached hydrogen (secondary N) is 1. The molecule has 1 amide bonds. The predicted molar refractivity (Wildman–Crippen MR) is 65.4 cm³/mol. The third kappa shape index (κ3) is 5.11. The first-order chi connectivity index (χ1) is 8.61. The van der Waals surface area contributed by atoms with Crippen LogP contribution in [0, 0.1) is 0 Å². The maximum Gasteiger partial charge on any atom is 0.343 e. The first kappa shape index (κ1) is 13.7. The topological polar surface area (TPSA) is 77.0 Å². The Morgan fingerprint density at radius 2 is 2.00 bits per heavy atom. The number of hydrazone groups is 1. The van der Waals surface area contributed by atoms with Gasteiger partial charge in [-0.15, -0.1) is 0 Å². The van der Waals surface area contributed by atoms with Gasteiger partial charge in [0.1, 0.15) is 5.75 Å². The fraction of sp³-hybridized carbons (Fsp3) is 0.250. The number of ether oxygens (including phenoxy) is 2. The van der Waals surface area contributed by atoms with Gasteiger partial charge in [-0.25, -0.2) is 10.2 Å². The molecule has 0 aliphatic carbocycles. The summed E-state index contributed by atoms with van der Waals surface area (Å²) in [5.41, 5.74) is 3.09. The van der Waals surface area contributed by atoms with Crippen LogP contribution in [-0.4, -0.2) is 31.8 Å². The molecular formula is C12H14N2O4. The van der Waals surface area contributed by atoms with Crippen molar-refractivity contribution >= 4 is 18.1 Å². The van der Waals surface area contributed by atoms with E-state index in [0.717, 1.165) is 5.56 Å². The second kappa shape index (κ2) is 7.05. The molecule has 1 aromatic carbocycles. The Balaban J connectivity index is 2.49. The van der Waals surface area contributed by atoms with E-state index in [0.29, 0.717) is 5.75 Å². The molecule has 0 aliphatic rings. The van der Waals surface area contributed by atoms with Crippen molar-refractivity contribution < 1.29 is 19.1 Å². The summed E-state index contributed by atoms with van der Waals surface area (Å²) < 4.78 is 9.61. The summed E-state index contributed by atoms with van der Waals surface area (Å²) in [5.74, 6) is -0.118. The van der Waals surface area contributed by atoms with Crippen molar-refractivity contribution in [3.05, 3.63) is 29.8 Å². The zero-order chi connectivity index (χ0) is 13.4. The summed E-state index contributed by atoms with van der Waals surface area (Å²) in [4.78, 5) is 21.4. The van der Waals surface area contributed by atoms with Crippen LogP contribution in [0.5, 0.6) is 5.75 Å². The number of carbonyl (C=O) groups excluding carboxylic acids is 2. The molecule has 96 valence electrons. The van der Waals surface area contributed by atoms with Gasteiger partial charge in [0, 0.05) is 6.92 Å². The average Bonchev–Trinajstić information content (AvgIpc) is 2.37. The summed E-state index contributed by atoms with van der Waals surface area (Å²) in [6, 6.07) is 6.88. The van der Waals surface area contributed by atoms with Gasteiger partial charge in [-0.2, -0.15) is 5.10 Å². The standard InChI is InChI=1S/C12H14N2O4/c1-9(15)14-13-7-10-3-5-11(6-4-10)18-8-12(16)17-2/h3-7H,8H2,1-2H3,(H,14,15)/b13-7-. The number of hydrogen-bond donors (Lipinski definition) is 1. The minimum absolute atomic E-state index is 0.129. The molecule has 0 spiro atoms. The second-order valence-corrected chi connectivity index (χ2v) is 3.36. The van der Waals surface area contributed by atoms with Crippen molar-refractivity contribution in [3.63, 3.8) is 0 Å². The Bertz CT molecular complexity index is 440. The largest absolute Gasteiger partial charge is 0.482 e. The SMILES string of the molecule is COC(=O)COc1ccc(/C=N\NC(C)=O)cc1. The maximum atomic E-state index is 10.8. The minimum atomic E-state index is -0.439. The third-order valence-electron chi connectivity index (χ3n) is 1.90. The first-order valence-electron chi connectivity index (χ1n) is 5.21. The molecule has 0 aromatic heterocycles. The number of nitrogens with zero attached hydrogens (tertiary/aromatic N) is 1. The van der Waals surface area contributed by atoms with E-state index in [2.05, 4.69) is 15.3 Å². The zero-order valence-corrected chi connectivity index (χ0v) is 10.2. The van der Waals surface area contributed by atoms with Crippen molar-refractivity contribution in [2.75, 3.05) is 13.7 Å². The number of benzene rings is 1. The van der Waals surface area contributed by atoms with Crippen LogP contribution in [0.25, 0.3) is 0 Å². The lowest BCUT2D eigenvalue weighted by Gasteiger charge is -2.04. The van der Waals surface area contributed by atoms with Gasteiger partial charge in [-0.05, 0) is 29.8 Å². The second-order valence-electron chi connectivity index (χ2n) is 3.36. The van der Waals surface area contributed by atoms with Crippen molar-refractivity contribution in [1.82, 2.24) is 5.43 Å². The van der Waals surface area contributed by atoms with Gasteiger partial charge >= 0.3 is 5.97 Å². The van der Waals surface area contributed by atoms with Gasteiger partial charge in [0.05, 0.1) is 13.3 Å². The number of hydrogen-bond acceptors (Lipinski definition) is 5. The molecule has 18 heavy (non-hydrogen) atoms. The molecule has 1 N–H and O–H groups in total. The summed E-state index contributed by atoms with van der Waals surface area (Å²) in [6.45, 7) is 1.25. The van der Waals surface area contributed by atoms with Gasteiger partial charge < -0.3 is 9.47 Å². The highest BCUT2D eigenvalue weighted by molar-refractivity contribution is 5.81. The molecule has 0 saturated carbocycles. The van der Waals surface area contributed by atoms with E-state index >= 15 is 0 Å². The van der Waals surface area contributed by atoms with Crippen molar-refractivity contribution in [2.24, 2.45) is 5.10 Å². The summed E-state index contributed by atoms with van der Waals surface area (Å²) in [7, 11) is 1.30. The zero-order valence-electron chi connectivity index (χ0n) is 10.2. The predicted octanol–water partition coefficient (Wildman–Crippen LogP) is 0.708. The molecule has 1 aromatic rings. The smallest absolute Gasteiger partial charge is 0.343 e. The van der Waals surface area contributed by atoms with E-state index < -0.39 is 5.97 Å². The quantitative estimate of drug-likeness (QED) is 0.474. The van der Waals surface area contributed by atoms with E-state index in [1.54, 1.807) is 24.3 Å². The highest BCUT2D eigenvalue weighted by Crippen LogP contribution is 2.10. The lowest BCUT2D eigenvalue weighted by molar-refractivity contribution is -0.142. The normalized spacial score (nSPS) is 10.1. The maximum absolute atomic E-state index is 10.8. The molecule has 1 rings (SSSR count). The van der Waals surface area contributed by atoms with Gasteiger partial charge in [-0.1, -0.05) is 0 Å². The Morgan fingerprint density at radius 3 is 2.56 bits per heavy atom. The molecule has 0 fully saturated rings. The van der Waals surface area contributed by atoms with Crippen molar-refractivity contribution in [3.8, 4) is 5.75 Å². The molecule has 6 nitrogen and oxygen atoms in total. The number of rotatable bonds is 5. The summed E-state index contributed by atoms with van der Waals surface area (Å²) >= 11 is 0. The lowest BCUT2D eigenvalue weighted by Crippen LogP contribution is -2.12. The van der Waals surface area contributed by atoms with E-state index in [1.165, 1.54) is 20.2 Å². The first-order valence-corrected chi connectivity index (χ1v) is 5.21. The van der Waals surface area contributed by atoms with E-state index in [1.807, 2.05) is 0 Å². The molecule has 0 radical (unpaired) electrons. The number of methoxy groups -OCH3 is 1. The van der Waals surface area contributed by atoms with Crippen LogP contribution in [-0.2, 0) is 14.3 Å². The third-order valence-corrected chi connectivity index (χ3v) is 1.90. The van der Waals surface area contributed by atoms with E-state index in [9.17, 15) is 9.59 Å². The summed E-state index contributed by atoms with van der Waals surface area (Å²) in [6.07, 6.45) is 1.51. The molecule has 0 atom stereocenters. The van der Waals surface area contributed by atoms with Crippen LogP contribution in [0.1, 0.15) is 12.5 Å². The van der Waals surface area contributed by atoms with E-state index in [-0.39, 0.29) is 12.5 Å². The molecule has 0 saturated heterocycles. The highest BCUT2D eigenvalue weighted by Gasteiger charge is 2.01. The highest BCUT2D eigenvalue weighted by atomic mass is 16.6. The Morgan fingerprint density at radius 1 is 1.33 bits per heavy atom. The number of carbonyl (C=O) groups is 2.